The van der Waals surface area contributed by atoms with Crippen molar-refractivity contribution in [2.24, 2.45) is 0 Å². The normalized spacial score (nSPS) is 21.5. The van der Waals surface area contributed by atoms with E-state index in [4.69, 9.17) is 9.47 Å². The summed E-state index contributed by atoms with van der Waals surface area (Å²) in [6, 6.07) is -0.398. The molecule has 1 aliphatic rings. The Morgan fingerprint density at radius 3 is 2.50 bits per heavy atom. The van der Waals surface area contributed by atoms with E-state index >= 15 is 0 Å². The van der Waals surface area contributed by atoms with Crippen LogP contribution in [0.2, 0.25) is 0 Å². The highest BCUT2D eigenvalue weighted by Gasteiger charge is 2.40. The number of amides is 1. The molecule has 0 aliphatic carbocycles. The molecule has 6 nitrogen and oxygen atoms in total. The standard InChI is InChI=1S/C14H24N2O4/c1-14(2,3)20-13(18)16-8-12(17)10(7-15(4)5)11(16)9-19-6/h7,11H,8-9H2,1-6H3/b10-7+/t11-/m1/s1. The van der Waals surface area contributed by atoms with E-state index < -0.39 is 17.7 Å². The number of methoxy groups -OCH3 is 1. The molecule has 0 spiro atoms. The lowest BCUT2D eigenvalue weighted by Gasteiger charge is -2.28. The van der Waals surface area contributed by atoms with Crippen molar-refractivity contribution in [1.29, 1.82) is 0 Å². The summed E-state index contributed by atoms with van der Waals surface area (Å²) in [4.78, 5) is 27.5. The zero-order chi connectivity index (χ0) is 15.5. The third-order valence-electron chi connectivity index (χ3n) is 2.72. The minimum Gasteiger partial charge on any atom is -0.444 e. The van der Waals surface area contributed by atoms with E-state index in [1.807, 2.05) is 14.1 Å². The van der Waals surface area contributed by atoms with E-state index in [0.29, 0.717) is 5.57 Å². The van der Waals surface area contributed by atoms with E-state index in [1.165, 1.54) is 4.90 Å². The van der Waals surface area contributed by atoms with E-state index in [-0.39, 0.29) is 18.9 Å². The van der Waals surface area contributed by atoms with Gasteiger partial charge in [0.15, 0.2) is 5.78 Å². The number of carbonyl (C=O) groups is 2. The van der Waals surface area contributed by atoms with Gasteiger partial charge in [-0.3, -0.25) is 9.69 Å². The molecule has 6 heteroatoms. The Balaban J connectivity index is 2.97. The van der Waals surface area contributed by atoms with Gasteiger partial charge in [0.05, 0.1) is 19.2 Å². The van der Waals surface area contributed by atoms with Crippen LogP contribution in [0.4, 0.5) is 4.79 Å². The average Bonchev–Trinajstić information content (AvgIpc) is 2.55. The molecule has 0 radical (unpaired) electrons. The molecule has 1 heterocycles. The van der Waals surface area contributed by atoms with Crippen LogP contribution in [0.25, 0.3) is 0 Å². The Morgan fingerprint density at radius 2 is 2.05 bits per heavy atom. The minimum absolute atomic E-state index is 0.0304. The third kappa shape index (κ3) is 4.23. The van der Waals surface area contributed by atoms with Crippen molar-refractivity contribution in [1.82, 2.24) is 9.80 Å². The zero-order valence-electron chi connectivity index (χ0n) is 13.1. The highest BCUT2D eigenvalue weighted by Crippen LogP contribution is 2.24. The smallest absolute Gasteiger partial charge is 0.411 e. The summed E-state index contributed by atoms with van der Waals surface area (Å²) < 4.78 is 10.5. The van der Waals surface area contributed by atoms with Gasteiger partial charge in [0, 0.05) is 33.0 Å². The SMILES string of the molecule is COC[C@@H]1/C(=C\N(C)C)C(=O)CN1C(=O)OC(C)(C)C. The Bertz CT molecular complexity index is 410. The Morgan fingerprint density at radius 1 is 1.45 bits per heavy atom. The first-order valence-electron chi connectivity index (χ1n) is 6.55. The molecule has 0 N–H and O–H groups in total. The third-order valence-corrected chi connectivity index (χ3v) is 2.72. The van der Waals surface area contributed by atoms with Crippen LogP contribution in [0, 0.1) is 0 Å². The zero-order valence-corrected chi connectivity index (χ0v) is 13.1. The average molecular weight is 284 g/mol. The Kier molecular flexibility index (Phi) is 5.16. The number of Topliss-reactive ketones (excluding diaryl/α,β-unsaturated/α-hetero) is 1. The summed E-state index contributed by atoms with van der Waals surface area (Å²) in [6.45, 7) is 5.69. The molecular formula is C14H24N2O4. The number of carbonyl (C=O) groups excluding carboxylic acids is 2. The van der Waals surface area contributed by atoms with Gasteiger partial charge in [-0.2, -0.15) is 0 Å². The number of ether oxygens (including phenoxy) is 2. The van der Waals surface area contributed by atoms with Crippen LogP contribution < -0.4 is 0 Å². The molecule has 1 aliphatic heterocycles. The van der Waals surface area contributed by atoms with Crippen molar-refractivity contribution in [3.63, 3.8) is 0 Å². The summed E-state index contributed by atoms with van der Waals surface area (Å²) in [5.41, 5.74) is -0.0195. The first-order chi connectivity index (χ1) is 9.15. The molecule has 0 unspecified atom stereocenters. The maximum atomic E-state index is 12.2. The van der Waals surface area contributed by atoms with Gasteiger partial charge in [-0.05, 0) is 20.8 Å². The van der Waals surface area contributed by atoms with Crippen LogP contribution >= 0.6 is 0 Å². The van der Waals surface area contributed by atoms with Crippen molar-refractivity contribution < 1.29 is 19.1 Å². The van der Waals surface area contributed by atoms with Crippen LogP contribution in [0.15, 0.2) is 11.8 Å². The van der Waals surface area contributed by atoms with Gasteiger partial charge < -0.3 is 14.4 Å². The first-order valence-corrected chi connectivity index (χ1v) is 6.55. The molecule has 0 aromatic carbocycles. The van der Waals surface area contributed by atoms with Gasteiger partial charge >= 0.3 is 6.09 Å². The number of hydrogen-bond donors (Lipinski definition) is 0. The Labute approximate surface area is 120 Å². The maximum absolute atomic E-state index is 12.2. The molecule has 1 saturated heterocycles. The van der Waals surface area contributed by atoms with Crippen LogP contribution in [-0.4, -0.2) is 67.7 Å². The second-order valence-corrected chi connectivity index (χ2v) is 6.05. The monoisotopic (exact) mass is 284 g/mol. The highest BCUT2D eigenvalue weighted by atomic mass is 16.6. The van der Waals surface area contributed by atoms with Gasteiger partial charge in [-0.25, -0.2) is 4.79 Å². The molecule has 0 aromatic rings. The van der Waals surface area contributed by atoms with Crippen LogP contribution in [0.1, 0.15) is 20.8 Å². The van der Waals surface area contributed by atoms with Gasteiger partial charge in [0.2, 0.25) is 0 Å². The molecule has 1 fully saturated rings. The maximum Gasteiger partial charge on any atom is 0.411 e. The summed E-state index contributed by atoms with van der Waals surface area (Å²) in [5.74, 6) is -0.0772. The largest absolute Gasteiger partial charge is 0.444 e. The Hall–Kier alpha value is -1.56. The van der Waals surface area contributed by atoms with Crippen molar-refractivity contribution in [2.45, 2.75) is 32.4 Å². The van der Waals surface area contributed by atoms with Gasteiger partial charge in [0.25, 0.3) is 0 Å². The summed E-state index contributed by atoms with van der Waals surface area (Å²) in [6.07, 6.45) is 1.24. The fourth-order valence-corrected chi connectivity index (χ4v) is 2.00. The minimum atomic E-state index is -0.591. The van der Waals surface area contributed by atoms with E-state index in [9.17, 15) is 9.59 Å². The molecule has 20 heavy (non-hydrogen) atoms. The highest BCUT2D eigenvalue weighted by molar-refractivity contribution is 6.03. The van der Waals surface area contributed by atoms with E-state index in [0.717, 1.165) is 0 Å². The second-order valence-electron chi connectivity index (χ2n) is 6.05. The van der Waals surface area contributed by atoms with E-state index in [1.54, 1.807) is 39.0 Å². The molecule has 0 aromatic heterocycles. The lowest BCUT2D eigenvalue weighted by Crippen LogP contribution is -2.42. The summed E-state index contributed by atoms with van der Waals surface area (Å²) in [5, 5.41) is 0. The predicted molar refractivity (Wildman–Crippen MR) is 75.4 cm³/mol. The summed E-state index contributed by atoms with van der Waals surface area (Å²) >= 11 is 0. The van der Waals surface area contributed by atoms with Gasteiger partial charge in [-0.1, -0.05) is 0 Å². The van der Waals surface area contributed by atoms with Crippen LogP contribution in [-0.2, 0) is 14.3 Å². The predicted octanol–water partition coefficient (Wildman–Crippen LogP) is 1.27. The number of likely N-dealkylation sites (tertiary alicyclic amines) is 1. The van der Waals surface area contributed by atoms with Crippen molar-refractivity contribution >= 4 is 11.9 Å². The topological polar surface area (TPSA) is 59.1 Å². The summed E-state index contributed by atoms with van der Waals surface area (Å²) in [7, 11) is 5.21. The molecule has 114 valence electrons. The van der Waals surface area contributed by atoms with Gasteiger partial charge in [0.1, 0.15) is 5.60 Å². The van der Waals surface area contributed by atoms with Gasteiger partial charge in [-0.15, -0.1) is 0 Å². The van der Waals surface area contributed by atoms with Crippen molar-refractivity contribution in [2.75, 3.05) is 34.4 Å². The van der Waals surface area contributed by atoms with Crippen LogP contribution in [0.5, 0.6) is 0 Å². The van der Waals surface area contributed by atoms with Crippen molar-refractivity contribution in [3.8, 4) is 0 Å². The molecule has 1 atom stereocenters. The number of nitrogens with zero attached hydrogens (tertiary/aromatic N) is 2. The quantitative estimate of drug-likeness (QED) is 0.730. The fraction of sp³-hybridized carbons (Fsp3) is 0.714. The molecular weight excluding hydrogens is 260 g/mol. The van der Waals surface area contributed by atoms with E-state index in [2.05, 4.69) is 0 Å². The number of hydrogen-bond acceptors (Lipinski definition) is 5. The fourth-order valence-electron chi connectivity index (χ4n) is 2.00. The lowest BCUT2D eigenvalue weighted by atomic mass is 10.1. The molecule has 0 saturated carbocycles. The molecule has 0 bridgehead atoms. The lowest BCUT2D eigenvalue weighted by molar-refractivity contribution is -0.114. The van der Waals surface area contributed by atoms with Crippen molar-refractivity contribution in [3.05, 3.63) is 11.8 Å². The number of ketones is 1. The molecule has 1 amide bonds. The molecule has 1 rings (SSSR count). The van der Waals surface area contributed by atoms with Crippen LogP contribution in [0.3, 0.4) is 0 Å². The number of rotatable bonds is 3. The second kappa shape index (κ2) is 6.26. The first kappa shape index (κ1) is 16.5.